The maximum Gasteiger partial charge on any atom is 0.252 e. The Labute approximate surface area is 218 Å². The number of fused-ring (bicyclic) bond motifs is 1. The van der Waals surface area contributed by atoms with Crippen LogP contribution >= 0.6 is 0 Å². The smallest absolute Gasteiger partial charge is 0.252 e. The van der Waals surface area contributed by atoms with Crippen molar-refractivity contribution in [3.8, 4) is 11.3 Å². The average Bonchev–Trinajstić information content (AvgIpc) is 3.54. The molecule has 0 N–H and O–H groups in total. The second-order valence-electron chi connectivity index (χ2n) is 10.4. The molecule has 2 aliphatic rings. The van der Waals surface area contributed by atoms with Gasteiger partial charge in [-0.05, 0) is 68.9 Å². The first kappa shape index (κ1) is 24.0. The van der Waals surface area contributed by atoms with Crippen molar-refractivity contribution in [3.05, 3.63) is 70.9 Å². The summed E-state index contributed by atoms with van der Waals surface area (Å²) in [6.07, 6.45) is 4.22. The van der Waals surface area contributed by atoms with Crippen LogP contribution in [0.25, 0.3) is 17.0 Å². The SMILES string of the molecule is Cc1nc2nc(C)c(CC3CCN(c4ccc(-c5ccc(CN6CCOCC6)cn5)cc4)C3)c(C)n2n1. The molecular formula is C29H35N7O. The summed E-state index contributed by atoms with van der Waals surface area (Å²) in [5.74, 6) is 2.06. The van der Waals surface area contributed by atoms with Gasteiger partial charge in [0, 0.05) is 61.6 Å². The number of hydrogen-bond donors (Lipinski definition) is 0. The lowest BCUT2D eigenvalue weighted by atomic mass is 9.96. The second-order valence-corrected chi connectivity index (χ2v) is 10.4. The fraction of sp³-hybridized carbons (Fsp3) is 0.448. The molecule has 5 heterocycles. The molecule has 192 valence electrons. The van der Waals surface area contributed by atoms with Crippen LogP contribution in [0.2, 0.25) is 0 Å². The van der Waals surface area contributed by atoms with Crippen LogP contribution in [0.4, 0.5) is 5.69 Å². The zero-order valence-corrected chi connectivity index (χ0v) is 22.0. The lowest BCUT2D eigenvalue weighted by Gasteiger charge is -2.26. The van der Waals surface area contributed by atoms with E-state index in [1.807, 2.05) is 17.6 Å². The summed E-state index contributed by atoms with van der Waals surface area (Å²) in [4.78, 5) is 18.8. The van der Waals surface area contributed by atoms with Gasteiger partial charge in [-0.2, -0.15) is 10.1 Å². The molecule has 2 aliphatic heterocycles. The van der Waals surface area contributed by atoms with Gasteiger partial charge in [-0.25, -0.2) is 9.50 Å². The Morgan fingerprint density at radius 1 is 0.946 bits per heavy atom. The first-order valence-electron chi connectivity index (χ1n) is 13.3. The number of pyridine rings is 1. The Kier molecular flexibility index (Phi) is 6.61. The van der Waals surface area contributed by atoms with Crippen molar-refractivity contribution in [1.29, 1.82) is 0 Å². The molecule has 0 aliphatic carbocycles. The maximum absolute atomic E-state index is 5.45. The van der Waals surface area contributed by atoms with E-state index in [0.717, 1.165) is 80.8 Å². The Bertz CT molecular complexity index is 1370. The zero-order chi connectivity index (χ0) is 25.4. The molecule has 0 amide bonds. The third kappa shape index (κ3) is 5.08. The monoisotopic (exact) mass is 497 g/mol. The van der Waals surface area contributed by atoms with Gasteiger partial charge in [0.15, 0.2) is 0 Å². The van der Waals surface area contributed by atoms with Crippen molar-refractivity contribution in [2.45, 2.75) is 40.2 Å². The van der Waals surface area contributed by atoms with Gasteiger partial charge in [0.2, 0.25) is 0 Å². The van der Waals surface area contributed by atoms with Crippen LogP contribution in [-0.4, -0.2) is 68.9 Å². The number of morpholine rings is 1. The molecule has 1 unspecified atom stereocenters. The van der Waals surface area contributed by atoms with Gasteiger partial charge >= 0.3 is 0 Å². The minimum atomic E-state index is 0.599. The van der Waals surface area contributed by atoms with Crippen LogP contribution in [0.3, 0.4) is 0 Å². The molecule has 8 heteroatoms. The molecule has 0 saturated carbocycles. The molecule has 1 aromatic carbocycles. The third-order valence-electron chi connectivity index (χ3n) is 7.80. The summed E-state index contributed by atoms with van der Waals surface area (Å²) in [5, 5.41) is 4.54. The normalized spacial score (nSPS) is 18.7. The van der Waals surface area contributed by atoms with Crippen LogP contribution < -0.4 is 4.90 Å². The van der Waals surface area contributed by atoms with E-state index < -0.39 is 0 Å². The van der Waals surface area contributed by atoms with Gasteiger partial charge in [-0.1, -0.05) is 18.2 Å². The quantitative estimate of drug-likeness (QED) is 0.399. The molecule has 6 rings (SSSR count). The fourth-order valence-corrected chi connectivity index (χ4v) is 5.68. The minimum Gasteiger partial charge on any atom is -0.379 e. The Balaban J connectivity index is 1.09. The lowest BCUT2D eigenvalue weighted by molar-refractivity contribution is 0.0341. The average molecular weight is 498 g/mol. The molecule has 3 aromatic heterocycles. The fourth-order valence-electron chi connectivity index (χ4n) is 5.68. The van der Waals surface area contributed by atoms with Gasteiger partial charge in [0.1, 0.15) is 5.82 Å². The number of hydrogen-bond acceptors (Lipinski definition) is 7. The van der Waals surface area contributed by atoms with Crippen LogP contribution in [-0.2, 0) is 17.7 Å². The highest BCUT2D eigenvalue weighted by molar-refractivity contribution is 5.63. The highest BCUT2D eigenvalue weighted by Gasteiger charge is 2.25. The Morgan fingerprint density at radius 3 is 2.51 bits per heavy atom. The van der Waals surface area contributed by atoms with Gasteiger partial charge in [-0.15, -0.1) is 0 Å². The summed E-state index contributed by atoms with van der Waals surface area (Å²) in [6, 6.07) is 13.2. The molecule has 0 bridgehead atoms. The highest BCUT2D eigenvalue weighted by Crippen LogP contribution is 2.29. The van der Waals surface area contributed by atoms with E-state index in [9.17, 15) is 0 Å². The lowest BCUT2D eigenvalue weighted by Crippen LogP contribution is -2.35. The molecule has 2 saturated heterocycles. The Morgan fingerprint density at radius 2 is 1.76 bits per heavy atom. The van der Waals surface area contributed by atoms with Crippen LogP contribution in [0.5, 0.6) is 0 Å². The molecule has 0 spiro atoms. The molecular weight excluding hydrogens is 462 g/mol. The standard InChI is InChI=1S/C29H35N7O/c1-20-27(21(2)36-29(31-20)32-22(3)33-36)16-23-10-11-35(19-23)26-7-5-25(6-8-26)28-9-4-24(17-30-28)18-34-12-14-37-15-13-34/h4-9,17,23H,10-16,18-19H2,1-3H3. The molecule has 2 fully saturated rings. The first-order chi connectivity index (χ1) is 18.0. The van der Waals surface area contributed by atoms with E-state index in [0.29, 0.717) is 11.7 Å². The maximum atomic E-state index is 5.45. The number of aromatic nitrogens is 5. The van der Waals surface area contributed by atoms with E-state index in [1.54, 1.807) is 0 Å². The predicted molar refractivity (Wildman–Crippen MR) is 145 cm³/mol. The summed E-state index contributed by atoms with van der Waals surface area (Å²) in [5.41, 5.74) is 8.26. The predicted octanol–water partition coefficient (Wildman–Crippen LogP) is 4.01. The van der Waals surface area contributed by atoms with E-state index in [1.165, 1.54) is 23.2 Å². The molecule has 8 nitrogen and oxygen atoms in total. The van der Waals surface area contributed by atoms with Crippen molar-refractivity contribution >= 4 is 11.5 Å². The van der Waals surface area contributed by atoms with Crippen LogP contribution in [0.15, 0.2) is 42.6 Å². The van der Waals surface area contributed by atoms with Crippen molar-refractivity contribution in [2.24, 2.45) is 5.92 Å². The summed E-state index contributed by atoms with van der Waals surface area (Å²) in [6.45, 7) is 12.9. The number of nitrogens with zero attached hydrogens (tertiary/aromatic N) is 7. The van der Waals surface area contributed by atoms with E-state index in [2.05, 4.69) is 70.1 Å². The molecule has 4 aromatic rings. The number of benzene rings is 1. The first-order valence-corrected chi connectivity index (χ1v) is 13.3. The van der Waals surface area contributed by atoms with Crippen LogP contribution in [0, 0.1) is 26.7 Å². The molecule has 0 radical (unpaired) electrons. The molecule has 37 heavy (non-hydrogen) atoms. The third-order valence-corrected chi connectivity index (χ3v) is 7.80. The van der Waals surface area contributed by atoms with Gasteiger partial charge < -0.3 is 9.64 Å². The van der Waals surface area contributed by atoms with Gasteiger partial charge in [0.05, 0.1) is 18.9 Å². The topological polar surface area (TPSA) is 71.7 Å². The van der Waals surface area contributed by atoms with E-state index in [4.69, 9.17) is 14.7 Å². The zero-order valence-electron chi connectivity index (χ0n) is 22.0. The summed E-state index contributed by atoms with van der Waals surface area (Å²) in [7, 11) is 0. The molecule has 1 atom stereocenters. The van der Waals surface area contributed by atoms with Gasteiger partial charge in [0.25, 0.3) is 5.78 Å². The summed E-state index contributed by atoms with van der Waals surface area (Å²) >= 11 is 0. The summed E-state index contributed by atoms with van der Waals surface area (Å²) < 4.78 is 7.34. The van der Waals surface area contributed by atoms with E-state index in [-0.39, 0.29) is 0 Å². The van der Waals surface area contributed by atoms with Crippen LogP contribution in [0.1, 0.15) is 34.8 Å². The van der Waals surface area contributed by atoms with Crippen molar-refractivity contribution in [3.63, 3.8) is 0 Å². The van der Waals surface area contributed by atoms with Gasteiger partial charge in [-0.3, -0.25) is 9.88 Å². The number of anilines is 1. The van der Waals surface area contributed by atoms with Crippen molar-refractivity contribution in [2.75, 3.05) is 44.3 Å². The van der Waals surface area contributed by atoms with E-state index >= 15 is 0 Å². The highest BCUT2D eigenvalue weighted by atomic mass is 16.5. The number of aryl methyl sites for hydroxylation is 3. The van der Waals surface area contributed by atoms with Crippen molar-refractivity contribution < 1.29 is 4.74 Å². The number of rotatable bonds is 6. The second kappa shape index (κ2) is 10.2. The minimum absolute atomic E-state index is 0.599. The Hall–Kier alpha value is -3.36. The number of ether oxygens (including phenoxy) is 1. The largest absolute Gasteiger partial charge is 0.379 e. The van der Waals surface area contributed by atoms with Crippen molar-refractivity contribution in [1.82, 2.24) is 29.5 Å².